The summed E-state index contributed by atoms with van der Waals surface area (Å²) in [6.45, 7) is 0.556. The molecule has 0 aromatic carbocycles. The number of nitrogens with one attached hydrogen (secondary N) is 2. The topological polar surface area (TPSA) is 131 Å². The molecule has 1 heterocycles. The van der Waals surface area contributed by atoms with E-state index in [4.69, 9.17) is 9.63 Å². The van der Waals surface area contributed by atoms with Crippen LogP contribution in [0.3, 0.4) is 0 Å². The lowest BCUT2D eigenvalue weighted by Gasteiger charge is -2.05. The fourth-order valence-corrected chi connectivity index (χ4v) is 1.66. The molecular formula is C12H16BrN3O6. The highest BCUT2D eigenvalue weighted by Gasteiger charge is 2.11. The van der Waals surface area contributed by atoms with Crippen molar-refractivity contribution in [1.29, 1.82) is 0 Å². The van der Waals surface area contributed by atoms with Gasteiger partial charge in [0, 0.05) is 32.0 Å². The fraction of sp³-hybridized carbons (Fsp3) is 0.500. The molecule has 0 aliphatic rings. The quantitative estimate of drug-likeness (QED) is 0.404. The maximum Gasteiger partial charge on any atom is 0.324 e. The molecule has 9 nitrogen and oxygen atoms in total. The van der Waals surface area contributed by atoms with Crippen LogP contribution >= 0.6 is 15.9 Å². The smallest absolute Gasteiger partial charge is 0.324 e. The minimum Gasteiger partial charge on any atom is -0.481 e. The summed E-state index contributed by atoms with van der Waals surface area (Å²) in [6.07, 6.45) is 0.892. The second-order valence-corrected chi connectivity index (χ2v) is 5.05. The molecule has 1 aromatic rings. The lowest BCUT2D eigenvalue weighted by atomic mass is 10.3. The van der Waals surface area contributed by atoms with Gasteiger partial charge in [-0.05, 0) is 28.8 Å². The number of carboxylic acids is 1. The Labute approximate surface area is 134 Å². The van der Waals surface area contributed by atoms with Crippen molar-refractivity contribution in [3.8, 4) is 0 Å². The van der Waals surface area contributed by atoms with Crippen LogP contribution in [-0.4, -0.2) is 41.2 Å². The van der Waals surface area contributed by atoms with Gasteiger partial charge in [-0.3, -0.25) is 14.4 Å². The molecule has 0 unspecified atom stereocenters. The van der Waals surface area contributed by atoms with E-state index in [1.807, 2.05) is 0 Å². The van der Waals surface area contributed by atoms with Crippen LogP contribution < -0.4 is 10.8 Å². The molecule has 0 saturated heterocycles. The van der Waals surface area contributed by atoms with Crippen molar-refractivity contribution < 1.29 is 28.9 Å². The Morgan fingerprint density at radius 1 is 1.27 bits per heavy atom. The van der Waals surface area contributed by atoms with Crippen molar-refractivity contribution in [3.63, 3.8) is 0 Å². The molecule has 1 amide bonds. The molecule has 0 aliphatic heterocycles. The molecule has 0 aliphatic carbocycles. The molecule has 0 spiro atoms. The summed E-state index contributed by atoms with van der Waals surface area (Å²) in [7, 11) is 0. The summed E-state index contributed by atoms with van der Waals surface area (Å²) in [6, 6.07) is 1.44. The second kappa shape index (κ2) is 9.90. The monoisotopic (exact) mass is 377 g/mol. The molecule has 122 valence electrons. The van der Waals surface area contributed by atoms with Gasteiger partial charge in [-0.25, -0.2) is 0 Å². The number of amides is 1. The van der Waals surface area contributed by atoms with Gasteiger partial charge in [0.05, 0.1) is 0 Å². The normalized spacial score (nSPS) is 10.2. The lowest BCUT2D eigenvalue weighted by molar-refractivity contribution is -0.151. The largest absolute Gasteiger partial charge is 0.481 e. The van der Waals surface area contributed by atoms with E-state index in [1.165, 1.54) is 6.07 Å². The highest BCUT2D eigenvalue weighted by atomic mass is 79.9. The summed E-state index contributed by atoms with van der Waals surface area (Å²) < 4.78 is 5.17. The summed E-state index contributed by atoms with van der Waals surface area (Å²) in [5.74, 6) is -1.72. The first kappa shape index (κ1) is 18.1. The number of aromatic nitrogens is 1. The van der Waals surface area contributed by atoms with E-state index in [-0.39, 0.29) is 31.7 Å². The third kappa shape index (κ3) is 7.74. The van der Waals surface area contributed by atoms with Crippen molar-refractivity contribution in [2.45, 2.75) is 25.7 Å². The zero-order valence-electron chi connectivity index (χ0n) is 11.6. The van der Waals surface area contributed by atoms with Gasteiger partial charge in [0.2, 0.25) is 5.76 Å². The van der Waals surface area contributed by atoms with Crippen LogP contribution in [0.25, 0.3) is 0 Å². The van der Waals surface area contributed by atoms with Crippen LogP contribution in [0.15, 0.2) is 15.2 Å². The van der Waals surface area contributed by atoms with Crippen molar-refractivity contribution in [3.05, 3.63) is 16.4 Å². The number of aliphatic carboxylic acids is 1. The average molecular weight is 378 g/mol. The molecule has 3 N–H and O–H groups in total. The van der Waals surface area contributed by atoms with E-state index >= 15 is 0 Å². The number of carboxylic acid groups (broad SMARTS) is 1. The van der Waals surface area contributed by atoms with E-state index in [2.05, 4.69) is 36.7 Å². The number of rotatable bonds is 10. The number of carbonyl (C=O) groups is 3. The predicted octanol–water partition coefficient (Wildman–Crippen LogP) is 0.860. The number of hydrogen-bond donors (Lipinski definition) is 3. The Kier molecular flexibility index (Phi) is 8.15. The highest BCUT2D eigenvalue weighted by Crippen LogP contribution is 2.09. The first-order chi connectivity index (χ1) is 10.5. The van der Waals surface area contributed by atoms with Gasteiger partial charge in [0.15, 0.2) is 0 Å². The molecule has 0 bridgehead atoms. The second-order valence-electron chi connectivity index (χ2n) is 4.24. The summed E-state index contributed by atoms with van der Waals surface area (Å²) in [4.78, 5) is 37.8. The Balaban J connectivity index is 2.03. The highest BCUT2D eigenvalue weighted by molar-refractivity contribution is 9.10. The molecule has 0 radical (unpaired) electrons. The van der Waals surface area contributed by atoms with E-state index < -0.39 is 17.8 Å². The Hall–Kier alpha value is -1.94. The minimum absolute atomic E-state index is 0.00827. The molecule has 0 atom stereocenters. The minimum atomic E-state index is -0.900. The summed E-state index contributed by atoms with van der Waals surface area (Å²) in [5, 5.41) is 14.5. The number of hydrogen-bond acceptors (Lipinski definition) is 7. The first-order valence-electron chi connectivity index (χ1n) is 6.54. The van der Waals surface area contributed by atoms with E-state index in [0.717, 1.165) is 0 Å². The molecule has 10 heteroatoms. The van der Waals surface area contributed by atoms with Gasteiger partial charge in [0.1, 0.15) is 4.60 Å². The van der Waals surface area contributed by atoms with Gasteiger partial charge in [-0.2, -0.15) is 5.48 Å². The third-order valence-electron chi connectivity index (χ3n) is 2.40. The van der Waals surface area contributed by atoms with Gasteiger partial charge in [-0.15, -0.1) is 0 Å². The van der Waals surface area contributed by atoms with E-state index in [1.54, 1.807) is 0 Å². The van der Waals surface area contributed by atoms with Crippen molar-refractivity contribution >= 4 is 33.8 Å². The van der Waals surface area contributed by atoms with Crippen LogP contribution in [-0.2, 0) is 14.4 Å². The number of hydroxylamine groups is 1. The molecular weight excluding hydrogens is 362 g/mol. The van der Waals surface area contributed by atoms with Gasteiger partial charge in [0.25, 0.3) is 5.91 Å². The SMILES string of the molecule is O=C(O)CCCNOC(=O)CCCNC(=O)c1cc(Br)no1. The van der Waals surface area contributed by atoms with E-state index in [9.17, 15) is 14.4 Å². The molecule has 0 saturated carbocycles. The maximum absolute atomic E-state index is 11.6. The summed E-state index contributed by atoms with van der Waals surface area (Å²) in [5.41, 5.74) is 2.39. The van der Waals surface area contributed by atoms with Crippen molar-refractivity contribution in [1.82, 2.24) is 16.0 Å². The Morgan fingerprint density at radius 2 is 2.00 bits per heavy atom. The van der Waals surface area contributed by atoms with E-state index in [0.29, 0.717) is 17.4 Å². The molecule has 22 heavy (non-hydrogen) atoms. The summed E-state index contributed by atoms with van der Waals surface area (Å²) >= 11 is 3.06. The zero-order chi connectivity index (χ0) is 16.4. The van der Waals surface area contributed by atoms with Crippen LogP contribution in [0.2, 0.25) is 0 Å². The number of nitrogens with zero attached hydrogens (tertiary/aromatic N) is 1. The molecule has 0 fully saturated rings. The van der Waals surface area contributed by atoms with Gasteiger partial charge < -0.3 is 19.8 Å². The predicted molar refractivity (Wildman–Crippen MR) is 76.7 cm³/mol. The number of carbonyl (C=O) groups excluding carboxylic acids is 2. The van der Waals surface area contributed by atoms with Gasteiger partial charge >= 0.3 is 11.9 Å². The third-order valence-corrected chi connectivity index (χ3v) is 2.78. The van der Waals surface area contributed by atoms with Crippen LogP contribution in [0.5, 0.6) is 0 Å². The molecule has 1 aromatic heterocycles. The van der Waals surface area contributed by atoms with Crippen molar-refractivity contribution in [2.24, 2.45) is 0 Å². The maximum atomic E-state index is 11.6. The van der Waals surface area contributed by atoms with Crippen LogP contribution in [0.4, 0.5) is 0 Å². The van der Waals surface area contributed by atoms with Crippen LogP contribution in [0, 0.1) is 0 Å². The Bertz CT molecular complexity index is 519. The standard InChI is InChI=1S/C12H16BrN3O6/c13-9-7-8(21-16-9)12(20)14-5-2-4-11(19)22-15-6-1-3-10(17)18/h7,15H,1-6H2,(H,14,20)(H,17,18). The van der Waals surface area contributed by atoms with Gasteiger partial charge in [-0.1, -0.05) is 5.16 Å². The average Bonchev–Trinajstić information content (AvgIpc) is 2.89. The van der Waals surface area contributed by atoms with Crippen molar-refractivity contribution in [2.75, 3.05) is 13.1 Å². The first-order valence-corrected chi connectivity index (χ1v) is 7.33. The molecule has 1 rings (SSSR count). The fourth-order valence-electron chi connectivity index (χ4n) is 1.38. The lowest BCUT2D eigenvalue weighted by Crippen LogP contribution is -2.26. The Morgan fingerprint density at radius 3 is 2.64 bits per heavy atom. The van der Waals surface area contributed by atoms with Crippen LogP contribution in [0.1, 0.15) is 36.2 Å². The number of halogens is 1. The zero-order valence-corrected chi connectivity index (χ0v) is 13.2.